The zero-order chi connectivity index (χ0) is 13.9. The number of hydrogen-bond donors (Lipinski definition) is 0. The summed E-state index contributed by atoms with van der Waals surface area (Å²) in [4.78, 5) is 0. The molecule has 0 N–H and O–H groups in total. The van der Waals surface area contributed by atoms with Crippen molar-refractivity contribution in [3.05, 3.63) is 59.9 Å². The Hall–Kier alpha value is -2.01. The second-order valence-corrected chi connectivity index (χ2v) is 5.20. The molecule has 0 bridgehead atoms. The molecule has 2 aromatic rings. The van der Waals surface area contributed by atoms with Crippen LogP contribution in [0.3, 0.4) is 0 Å². The summed E-state index contributed by atoms with van der Waals surface area (Å²) in [5.74, 6) is 0.608. The SMILES string of the molecule is COc1ccc(C2=NN(c3ccccc3)CS2)cc1F. The van der Waals surface area contributed by atoms with E-state index in [2.05, 4.69) is 5.10 Å². The third-order valence-electron chi connectivity index (χ3n) is 2.99. The summed E-state index contributed by atoms with van der Waals surface area (Å²) in [7, 11) is 1.46. The summed E-state index contributed by atoms with van der Waals surface area (Å²) in [5.41, 5.74) is 1.80. The zero-order valence-electron chi connectivity index (χ0n) is 10.9. The van der Waals surface area contributed by atoms with Crippen molar-refractivity contribution in [1.82, 2.24) is 0 Å². The van der Waals surface area contributed by atoms with E-state index in [9.17, 15) is 4.39 Å². The number of ether oxygens (including phenoxy) is 1. The van der Waals surface area contributed by atoms with Crippen molar-refractivity contribution in [2.45, 2.75) is 0 Å². The first kappa shape index (κ1) is 13.0. The first-order valence-corrected chi connectivity index (χ1v) is 7.14. The van der Waals surface area contributed by atoms with Gasteiger partial charge < -0.3 is 4.74 Å². The molecule has 5 heteroatoms. The molecule has 0 aliphatic carbocycles. The average molecular weight is 288 g/mol. The van der Waals surface area contributed by atoms with E-state index < -0.39 is 0 Å². The normalized spacial score (nSPS) is 14.3. The fourth-order valence-electron chi connectivity index (χ4n) is 1.96. The molecule has 1 aliphatic rings. The van der Waals surface area contributed by atoms with Crippen molar-refractivity contribution in [1.29, 1.82) is 0 Å². The zero-order valence-corrected chi connectivity index (χ0v) is 11.7. The van der Waals surface area contributed by atoms with Gasteiger partial charge in [0.2, 0.25) is 0 Å². The molecule has 2 aromatic carbocycles. The van der Waals surface area contributed by atoms with Crippen molar-refractivity contribution in [2.75, 3.05) is 18.0 Å². The van der Waals surface area contributed by atoms with E-state index in [1.54, 1.807) is 17.8 Å². The van der Waals surface area contributed by atoms with Gasteiger partial charge in [0, 0.05) is 5.56 Å². The molecule has 0 radical (unpaired) electrons. The Kier molecular flexibility index (Phi) is 3.60. The summed E-state index contributed by atoms with van der Waals surface area (Å²) < 4.78 is 18.6. The average Bonchev–Trinajstić information content (AvgIpc) is 2.98. The van der Waals surface area contributed by atoms with Crippen LogP contribution in [-0.4, -0.2) is 18.0 Å². The van der Waals surface area contributed by atoms with Crippen LogP contribution in [0.5, 0.6) is 5.75 Å². The quantitative estimate of drug-likeness (QED) is 0.860. The highest BCUT2D eigenvalue weighted by molar-refractivity contribution is 8.14. The number of hydrazone groups is 1. The molecule has 1 heterocycles. The Labute approximate surface area is 121 Å². The van der Waals surface area contributed by atoms with Gasteiger partial charge >= 0.3 is 0 Å². The van der Waals surface area contributed by atoms with Crippen molar-refractivity contribution < 1.29 is 9.13 Å². The van der Waals surface area contributed by atoms with Gasteiger partial charge in [-0.2, -0.15) is 5.10 Å². The molecule has 0 saturated carbocycles. The highest BCUT2D eigenvalue weighted by Crippen LogP contribution is 2.29. The van der Waals surface area contributed by atoms with Gasteiger partial charge in [-0.15, -0.1) is 0 Å². The fraction of sp³-hybridized carbons (Fsp3) is 0.133. The van der Waals surface area contributed by atoms with E-state index in [4.69, 9.17) is 4.74 Å². The van der Waals surface area contributed by atoms with Crippen molar-refractivity contribution in [3.8, 4) is 5.75 Å². The smallest absolute Gasteiger partial charge is 0.165 e. The minimum Gasteiger partial charge on any atom is -0.494 e. The summed E-state index contributed by atoms with van der Waals surface area (Å²) in [6.07, 6.45) is 0. The molecular formula is C15H13FN2OS. The largest absolute Gasteiger partial charge is 0.494 e. The van der Waals surface area contributed by atoms with E-state index in [1.807, 2.05) is 41.4 Å². The van der Waals surface area contributed by atoms with Crippen LogP contribution in [0.2, 0.25) is 0 Å². The predicted molar refractivity (Wildman–Crippen MR) is 80.9 cm³/mol. The van der Waals surface area contributed by atoms with Crippen molar-refractivity contribution in [3.63, 3.8) is 0 Å². The first-order valence-electron chi connectivity index (χ1n) is 6.16. The van der Waals surface area contributed by atoms with Gasteiger partial charge in [-0.1, -0.05) is 30.0 Å². The fourth-order valence-corrected chi connectivity index (χ4v) is 2.86. The Morgan fingerprint density at radius 1 is 1.20 bits per heavy atom. The van der Waals surface area contributed by atoms with Crippen LogP contribution < -0.4 is 9.75 Å². The summed E-state index contributed by atoms with van der Waals surface area (Å²) in [6, 6.07) is 14.8. The second kappa shape index (κ2) is 5.54. The monoisotopic (exact) mass is 288 g/mol. The number of nitrogens with zero attached hydrogens (tertiary/aromatic N) is 2. The van der Waals surface area contributed by atoms with Crippen LogP contribution in [0.25, 0.3) is 0 Å². The van der Waals surface area contributed by atoms with Gasteiger partial charge in [0.05, 0.1) is 18.7 Å². The van der Waals surface area contributed by atoms with Gasteiger partial charge in [0.25, 0.3) is 0 Å². The molecule has 0 saturated heterocycles. The number of anilines is 1. The van der Waals surface area contributed by atoms with Crippen LogP contribution in [0.1, 0.15) is 5.56 Å². The van der Waals surface area contributed by atoms with Gasteiger partial charge in [-0.25, -0.2) is 4.39 Å². The molecule has 0 amide bonds. The third-order valence-corrected chi connectivity index (χ3v) is 3.95. The molecule has 0 atom stereocenters. The maximum Gasteiger partial charge on any atom is 0.165 e. The van der Waals surface area contributed by atoms with Gasteiger partial charge in [-0.3, -0.25) is 5.01 Å². The summed E-state index contributed by atoms with van der Waals surface area (Å²) in [5, 5.41) is 7.25. The molecule has 0 spiro atoms. The molecule has 3 nitrogen and oxygen atoms in total. The number of halogens is 1. The van der Waals surface area contributed by atoms with E-state index in [1.165, 1.54) is 13.2 Å². The van der Waals surface area contributed by atoms with Crippen LogP contribution in [0.15, 0.2) is 53.6 Å². The lowest BCUT2D eigenvalue weighted by Crippen LogP contribution is -2.09. The highest BCUT2D eigenvalue weighted by atomic mass is 32.2. The molecule has 102 valence electrons. The molecule has 0 fully saturated rings. The Morgan fingerprint density at radius 2 is 2.00 bits per heavy atom. The number of para-hydroxylation sites is 1. The molecule has 1 aliphatic heterocycles. The Morgan fingerprint density at radius 3 is 2.70 bits per heavy atom. The summed E-state index contributed by atoms with van der Waals surface area (Å²) in [6.45, 7) is 0. The Bertz CT molecular complexity index is 646. The molecular weight excluding hydrogens is 275 g/mol. The minimum absolute atomic E-state index is 0.247. The van der Waals surface area contributed by atoms with Crippen LogP contribution in [0, 0.1) is 5.82 Å². The minimum atomic E-state index is -0.369. The molecule has 3 rings (SSSR count). The van der Waals surface area contributed by atoms with E-state index in [-0.39, 0.29) is 11.6 Å². The van der Waals surface area contributed by atoms with Crippen molar-refractivity contribution in [2.24, 2.45) is 5.10 Å². The second-order valence-electron chi connectivity index (χ2n) is 4.26. The van der Waals surface area contributed by atoms with Crippen LogP contribution in [-0.2, 0) is 0 Å². The van der Waals surface area contributed by atoms with Crippen LogP contribution in [0.4, 0.5) is 10.1 Å². The number of rotatable bonds is 3. The van der Waals surface area contributed by atoms with Gasteiger partial charge in [0.1, 0.15) is 5.04 Å². The standard InChI is InChI=1S/C15H13FN2OS/c1-19-14-8-7-11(9-13(14)16)15-17-18(10-20-15)12-5-3-2-4-6-12/h2-9H,10H2,1H3. The topological polar surface area (TPSA) is 24.8 Å². The highest BCUT2D eigenvalue weighted by Gasteiger charge is 2.19. The molecule has 0 unspecified atom stereocenters. The maximum atomic E-state index is 13.7. The summed E-state index contributed by atoms with van der Waals surface area (Å²) >= 11 is 1.59. The number of hydrogen-bond acceptors (Lipinski definition) is 4. The lowest BCUT2D eigenvalue weighted by atomic mass is 10.2. The van der Waals surface area contributed by atoms with Crippen molar-refractivity contribution >= 4 is 22.5 Å². The predicted octanol–water partition coefficient (Wildman–Crippen LogP) is 3.71. The van der Waals surface area contributed by atoms with Gasteiger partial charge in [0.15, 0.2) is 11.6 Å². The van der Waals surface area contributed by atoms with E-state index in [0.717, 1.165) is 22.2 Å². The molecule has 0 aromatic heterocycles. The van der Waals surface area contributed by atoms with Gasteiger partial charge in [-0.05, 0) is 30.3 Å². The lowest BCUT2D eigenvalue weighted by molar-refractivity contribution is 0.386. The maximum absolute atomic E-state index is 13.7. The number of benzene rings is 2. The first-order chi connectivity index (χ1) is 9.78. The van der Waals surface area contributed by atoms with Crippen LogP contribution >= 0.6 is 11.8 Å². The van der Waals surface area contributed by atoms with E-state index in [0.29, 0.717) is 0 Å². The molecule has 20 heavy (non-hydrogen) atoms. The number of thioether (sulfide) groups is 1. The Balaban J connectivity index is 1.87. The van der Waals surface area contributed by atoms with E-state index >= 15 is 0 Å². The third kappa shape index (κ3) is 2.49. The number of methoxy groups -OCH3 is 1. The lowest BCUT2D eigenvalue weighted by Gasteiger charge is -2.11.